The molecule has 2 nitrogen and oxygen atoms in total. The number of aliphatic carboxylic acids is 1. The minimum atomic E-state index is -0.833. The van der Waals surface area contributed by atoms with Gasteiger partial charge in [-0.05, 0) is 0 Å². The first kappa shape index (κ1) is 16.0. The molecule has 0 heterocycles. The molecular weight excluding hydrogens is 306 g/mol. The van der Waals surface area contributed by atoms with Crippen molar-refractivity contribution in [2.24, 2.45) is 0 Å². The molecule has 0 rings (SSSR count). The summed E-state index contributed by atoms with van der Waals surface area (Å²) in [7, 11) is 0. The molecule has 0 aromatic carbocycles. The Bertz CT molecular complexity index is 35.9. The van der Waals surface area contributed by atoms with Crippen LogP contribution in [0.2, 0.25) is 0 Å². The van der Waals surface area contributed by atoms with Gasteiger partial charge >= 0.3 is 0 Å². The second-order valence-corrected chi connectivity index (χ2v) is 0.519. The van der Waals surface area contributed by atoms with Crippen LogP contribution in [0.5, 0.6) is 0 Å². The fourth-order valence-corrected chi connectivity index (χ4v) is 0. The zero-order valence-electron chi connectivity index (χ0n) is 3.86. The summed E-state index contributed by atoms with van der Waals surface area (Å²) in [6, 6.07) is 0. The van der Waals surface area contributed by atoms with Gasteiger partial charge in [-0.3, -0.25) is 4.79 Å². The Balaban J connectivity index is -0.0000000150. The molecule has 0 atom stereocenters. The van der Waals surface area contributed by atoms with Gasteiger partial charge in [0.15, 0.2) is 0 Å². The average molecular weight is 316 g/mol. The van der Waals surface area contributed by atoms with Gasteiger partial charge in [0.25, 0.3) is 5.97 Å². The summed E-state index contributed by atoms with van der Waals surface area (Å²) in [5, 5.41) is 7.42. The van der Waals surface area contributed by atoms with Crippen molar-refractivity contribution in [2.75, 3.05) is 0 Å². The summed E-state index contributed by atoms with van der Waals surface area (Å²) in [5.74, 6) is -0.833. The number of hydrogen-bond donors (Lipinski definition) is 1. The number of carboxylic acids is 1. The van der Waals surface area contributed by atoms with Crippen LogP contribution < -0.4 is 0 Å². The van der Waals surface area contributed by atoms with Crippen molar-refractivity contribution in [3.63, 3.8) is 0 Å². The van der Waals surface area contributed by atoms with Gasteiger partial charge in [-0.15, -0.1) is 0 Å². The molecule has 0 aliphatic heterocycles. The zero-order chi connectivity index (χ0) is 3.58. The van der Waals surface area contributed by atoms with E-state index < -0.39 is 5.97 Å². The van der Waals surface area contributed by atoms with Crippen LogP contribution in [-0.4, -0.2) is 11.1 Å². The summed E-state index contributed by atoms with van der Waals surface area (Å²) in [4.78, 5) is 9.00. The third-order valence-corrected chi connectivity index (χ3v) is 0. The van der Waals surface area contributed by atoms with E-state index in [1.807, 2.05) is 0 Å². The van der Waals surface area contributed by atoms with Crippen molar-refractivity contribution in [1.82, 2.24) is 0 Å². The maximum Gasteiger partial charge on any atom is 0.300 e. The van der Waals surface area contributed by atoms with Crippen LogP contribution in [0.4, 0.5) is 0 Å². The van der Waals surface area contributed by atoms with Crippen LogP contribution in [0, 0.1) is 38.5 Å². The maximum atomic E-state index is 9.00. The second-order valence-electron chi connectivity index (χ2n) is 0.519. The summed E-state index contributed by atoms with van der Waals surface area (Å²) < 4.78 is 0. The minimum absolute atomic E-state index is 0. The first-order valence-corrected chi connectivity index (χ1v) is 0.928. The number of carboxylic acid groups (broad SMARTS) is 1. The summed E-state index contributed by atoms with van der Waals surface area (Å²) in [6.07, 6.45) is 0. The van der Waals surface area contributed by atoms with Crippen molar-refractivity contribution in [1.29, 1.82) is 0 Å². The third kappa shape index (κ3) is 206. The van der Waals surface area contributed by atoms with E-state index in [4.69, 9.17) is 9.90 Å². The molecule has 0 aliphatic rings. The molecule has 0 amide bonds. The smallest absolute Gasteiger partial charge is 0.300 e. The molecule has 38 valence electrons. The standard InChI is InChI=1S/C2H4O2.CH3.U.H2/c1-2(3)4;;;/h1H3,(H,3,4);1H3;;1H/q;-1;;/i;;;1+1. The third-order valence-electron chi connectivity index (χ3n) is 0. The van der Waals surface area contributed by atoms with Crippen molar-refractivity contribution in [3.05, 3.63) is 7.43 Å². The summed E-state index contributed by atoms with van der Waals surface area (Å²) >= 11 is 0. The molecule has 0 aromatic rings. The molecule has 0 radical (unpaired) electrons. The molecule has 0 unspecified atom stereocenters. The molecule has 0 saturated heterocycles. The normalized spacial score (nSPS) is 4.17. The first-order valence-electron chi connectivity index (χ1n) is 0.928. The number of carbonyl (C=O) groups is 1. The molecule has 1 N–H and O–H groups in total. The van der Waals surface area contributed by atoms with Crippen molar-refractivity contribution >= 4 is 5.97 Å². The van der Waals surface area contributed by atoms with Crippen LogP contribution in [0.3, 0.4) is 0 Å². The Labute approximate surface area is 62.8 Å². The van der Waals surface area contributed by atoms with E-state index in [9.17, 15) is 0 Å². The van der Waals surface area contributed by atoms with Crippen LogP contribution in [0.15, 0.2) is 0 Å². The molecule has 0 saturated carbocycles. The molecule has 0 aromatic heterocycles. The molecule has 3 heteroatoms. The van der Waals surface area contributed by atoms with E-state index in [-0.39, 0.29) is 40.0 Å². The first-order chi connectivity index (χ1) is 1.73. The van der Waals surface area contributed by atoms with Gasteiger partial charge < -0.3 is 12.5 Å². The van der Waals surface area contributed by atoms with Gasteiger partial charge in [0.2, 0.25) is 0 Å². The van der Waals surface area contributed by atoms with Crippen molar-refractivity contribution in [3.8, 4) is 0 Å². The predicted octanol–water partition coefficient (Wildman–Crippen LogP) is 0.787. The Morgan fingerprint density at radius 1 is 1.83 bits per heavy atom. The molecule has 0 fully saturated rings. The Morgan fingerprint density at radius 2 is 1.83 bits per heavy atom. The maximum absolute atomic E-state index is 9.00. The Kier molecular flexibility index (Phi) is 24.3. The quantitative estimate of drug-likeness (QED) is 0.671. The van der Waals surface area contributed by atoms with Crippen LogP contribution in [0.25, 0.3) is 0 Å². The van der Waals surface area contributed by atoms with Gasteiger partial charge in [-0.25, -0.2) is 0 Å². The van der Waals surface area contributed by atoms with E-state index in [1.54, 1.807) is 0 Å². The van der Waals surface area contributed by atoms with E-state index in [0.717, 1.165) is 6.92 Å². The second kappa shape index (κ2) is 9.10. The topological polar surface area (TPSA) is 37.3 Å². The molecule has 6 heavy (non-hydrogen) atoms. The van der Waals surface area contributed by atoms with Gasteiger partial charge in [-0.1, -0.05) is 0 Å². The van der Waals surface area contributed by atoms with E-state index in [0.29, 0.717) is 0 Å². The van der Waals surface area contributed by atoms with Gasteiger partial charge in [0.1, 0.15) is 0 Å². The van der Waals surface area contributed by atoms with Crippen LogP contribution >= 0.6 is 0 Å². The fraction of sp³-hybridized carbons (Fsp3) is 0.333. The van der Waals surface area contributed by atoms with E-state index in [1.165, 1.54) is 0 Å². The van der Waals surface area contributed by atoms with Crippen LogP contribution in [-0.2, 0) is 4.79 Å². The molecule has 0 bridgehead atoms. The largest absolute Gasteiger partial charge is 0.481 e. The zero-order valence-corrected chi connectivity index (χ0v) is 8.02. The molecular formula is C3H9O2U-. The van der Waals surface area contributed by atoms with Gasteiger partial charge in [-0.2, -0.15) is 0 Å². The van der Waals surface area contributed by atoms with Crippen molar-refractivity contribution < 1.29 is 42.4 Å². The SMILES string of the molecule is CC(=O)O.[2HH].[CH3-].[U]. The number of rotatable bonds is 0. The Morgan fingerprint density at radius 3 is 1.83 bits per heavy atom. The predicted molar refractivity (Wildman–Crippen MR) is 21.8 cm³/mol. The summed E-state index contributed by atoms with van der Waals surface area (Å²) in [5.41, 5.74) is 0. The van der Waals surface area contributed by atoms with Gasteiger partial charge in [0.05, 0.1) is 0 Å². The Hall–Kier alpha value is 0.522. The van der Waals surface area contributed by atoms with Gasteiger partial charge in [0, 0.05) is 39.5 Å². The monoisotopic (exact) mass is 316 g/mol. The number of hydrogen-bond acceptors (Lipinski definition) is 1. The average Bonchev–Trinajstić information content (AvgIpc) is 0.811. The summed E-state index contributed by atoms with van der Waals surface area (Å²) in [6.45, 7) is 1.08. The minimum Gasteiger partial charge on any atom is -0.481 e. The van der Waals surface area contributed by atoms with E-state index >= 15 is 0 Å². The van der Waals surface area contributed by atoms with Crippen LogP contribution in [0.1, 0.15) is 8.35 Å². The fourth-order valence-electron chi connectivity index (χ4n) is 0. The molecule has 0 aliphatic carbocycles. The van der Waals surface area contributed by atoms with Crippen molar-refractivity contribution in [2.45, 2.75) is 6.92 Å². The molecule has 0 spiro atoms. The van der Waals surface area contributed by atoms with E-state index in [2.05, 4.69) is 0 Å².